The van der Waals surface area contributed by atoms with Gasteiger partial charge in [-0.15, -0.1) is 0 Å². The first-order valence-electron chi connectivity index (χ1n) is 10.5. The molecule has 0 bridgehead atoms. The van der Waals surface area contributed by atoms with E-state index in [2.05, 4.69) is 33.0 Å². The van der Waals surface area contributed by atoms with E-state index in [1.165, 1.54) is 7.05 Å². The lowest BCUT2D eigenvalue weighted by atomic mass is 10.0. The van der Waals surface area contributed by atoms with Crippen molar-refractivity contribution in [1.82, 2.24) is 40.0 Å². The van der Waals surface area contributed by atoms with E-state index in [1.54, 1.807) is 0 Å². The van der Waals surface area contributed by atoms with Gasteiger partial charge in [0.25, 0.3) is 5.16 Å². The summed E-state index contributed by atoms with van der Waals surface area (Å²) in [4.78, 5) is 12.0. The summed E-state index contributed by atoms with van der Waals surface area (Å²) in [6.07, 6.45) is 0.519. The van der Waals surface area contributed by atoms with E-state index in [1.807, 2.05) is 65.7 Å². The van der Waals surface area contributed by atoms with Crippen molar-refractivity contribution < 1.29 is 13.2 Å². The Morgan fingerprint density at radius 2 is 1.74 bits per heavy atom. The maximum atomic E-state index is 12.1. The Hall–Kier alpha value is -4.06. The number of urea groups is 1. The van der Waals surface area contributed by atoms with Crippen molar-refractivity contribution in [3.8, 4) is 16.8 Å². The molecule has 0 spiro atoms. The average Bonchev–Trinajstić information content (AvgIpc) is 3.37. The molecule has 0 aliphatic heterocycles. The van der Waals surface area contributed by atoms with Crippen molar-refractivity contribution in [2.45, 2.75) is 25.4 Å². The van der Waals surface area contributed by atoms with E-state index in [0.29, 0.717) is 6.42 Å². The zero-order valence-corrected chi connectivity index (χ0v) is 19.7. The second kappa shape index (κ2) is 9.43. The van der Waals surface area contributed by atoms with Gasteiger partial charge in [-0.05, 0) is 54.0 Å². The second-order valence-electron chi connectivity index (χ2n) is 7.69. The van der Waals surface area contributed by atoms with E-state index in [4.69, 9.17) is 5.10 Å². The summed E-state index contributed by atoms with van der Waals surface area (Å²) in [6.45, 7) is 4.29. The maximum Gasteiger partial charge on any atom is 0.328 e. The van der Waals surface area contributed by atoms with Crippen LogP contribution in [-0.2, 0) is 23.5 Å². The molecule has 2 aromatic heterocycles. The highest BCUT2D eigenvalue weighted by Crippen LogP contribution is 2.28. The molecular formula is C22H24N8O3S. The van der Waals surface area contributed by atoms with Gasteiger partial charge in [0.15, 0.2) is 0 Å². The predicted molar refractivity (Wildman–Crippen MR) is 125 cm³/mol. The monoisotopic (exact) mass is 480 g/mol. The quantitative estimate of drug-likeness (QED) is 0.412. The zero-order chi connectivity index (χ0) is 24.3. The lowest BCUT2D eigenvalue weighted by Gasteiger charge is -2.09. The summed E-state index contributed by atoms with van der Waals surface area (Å²) in [5.74, 6) is 0. The van der Waals surface area contributed by atoms with Gasteiger partial charge in [-0.2, -0.15) is 13.5 Å². The fraction of sp³-hybridized carbons (Fsp3) is 0.227. The Bertz CT molecular complexity index is 1410. The molecule has 0 aliphatic rings. The van der Waals surface area contributed by atoms with Crippen molar-refractivity contribution in [2.75, 3.05) is 6.54 Å². The molecule has 0 fully saturated rings. The van der Waals surface area contributed by atoms with Crippen molar-refractivity contribution in [3.05, 3.63) is 71.5 Å². The Labute approximate surface area is 196 Å². The van der Waals surface area contributed by atoms with Gasteiger partial charge in [0.2, 0.25) is 0 Å². The summed E-state index contributed by atoms with van der Waals surface area (Å²) >= 11 is 0. The van der Waals surface area contributed by atoms with Crippen LogP contribution in [0.15, 0.2) is 59.8 Å². The molecule has 12 heteroatoms. The van der Waals surface area contributed by atoms with E-state index >= 15 is 0 Å². The second-order valence-corrected chi connectivity index (χ2v) is 9.26. The minimum atomic E-state index is -4.15. The number of tetrazole rings is 1. The molecule has 0 saturated heterocycles. The molecule has 0 radical (unpaired) electrons. The molecule has 0 aliphatic carbocycles. The highest BCUT2D eigenvalue weighted by Gasteiger charge is 2.23. The summed E-state index contributed by atoms with van der Waals surface area (Å²) < 4.78 is 29.0. The molecule has 2 aromatic carbocycles. The molecule has 2 heterocycles. The maximum absolute atomic E-state index is 12.1. The van der Waals surface area contributed by atoms with Crippen LogP contribution in [-0.4, -0.2) is 51.0 Å². The number of rotatable bonds is 7. The largest absolute Gasteiger partial charge is 0.337 e. The van der Waals surface area contributed by atoms with E-state index in [-0.39, 0.29) is 6.54 Å². The standard InChI is InChI=1S/C22H24N8O3S/c1-15-20(18-7-5-4-6-8-18)16(2)30(25-15)19-11-9-17(10-12-19)13-14-23-21(31)26-34(32,33)22-24-27-28-29(22)3/h4-12H,13-14H2,1-3H3,(H2,23,26,31). The number of hydrogen-bond acceptors (Lipinski definition) is 7. The lowest BCUT2D eigenvalue weighted by Crippen LogP contribution is -2.41. The smallest absolute Gasteiger partial charge is 0.328 e. The van der Waals surface area contributed by atoms with Crippen molar-refractivity contribution in [3.63, 3.8) is 0 Å². The Morgan fingerprint density at radius 3 is 2.38 bits per heavy atom. The third kappa shape index (κ3) is 4.81. The highest BCUT2D eigenvalue weighted by atomic mass is 32.2. The Balaban J connectivity index is 1.37. The van der Waals surface area contributed by atoms with Crippen LogP contribution in [0, 0.1) is 13.8 Å². The van der Waals surface area contributed by atoms with Crippen molar-refractivity contribution in [2.24, 2.45) is 7.05 Å². The van der Waals surface area contributed by atoms with E-state index < -0.39 is 21.2 Å². The summed E-state index contributed by atoms with van der Waals surface area (Å²) in [5, 5.41) is 16.9. The van der Waals surface area contributed by atoms with Gasteiger partial charge in [0, 0.05) is 24.8 Å². The van der Waals surface area contributed by atoms with Crippen LogP contribution in [0.4, 0.5) is 4.79 Å². The van der Waals surface area contributed by atoms with Gasteiger partial charge in [-0.3, -0.25) is 0 Å². The van der Waals surface area contributed by atoms with Crippen molar-refractivity contribution in [1.29, 1.82) is 0 Å². The minimum absolute atomic E-state index is 0.246. The number of nitrogens with zero attached hydrogens (tertiary/aromatic N) is 6. The van der Waals surface area contributed by atoms with Crippen LogP contribution in [0.1, 0.15) is 17.0 Å². The first-order chi connectivity index (χ1) is 16.3. The van der Waals surface area contributed by atoms with Gasteiger partial charge in [0.1, 0.15) is 0 Å². The van der Waals surface area contributed by atoms with Crippen LogP contribution < -0.4 is 10.0 Å². The minimum Gasteiger partial charge on any atom is -0.337 e. The van der Waals surface area contributed by atoms with Gasteiger partial charge in [-0.25, -0.2) is 18.9 Å². The molecular weight excluding hydrogens is 456 g/mol. The van der Waals surface area contributed by atoms with Crippen LogP contribution in [0.2, 0.25) is 0 Å². The number of amides is 2. The highest BCUT2D eigenvalue weighted by molar-refractivity contribution is 7.89. The normalized spacial score (nSPS) is 11.4. The number of benzene rings is 2. The molecule has 4 rings (SSSR count). The number of hydrogen-bond donors (Lipinski definition) is 2. The topological polar surface area (TPSA) is 137 Å². The molecule has 2 amide bonds. The first kappa shape index (κ1) is 23.1. The molecule has 34 heavy (non-hydrogen) atoms. The van der Waals surface area contributed by atoms with Gasteiger partial charge < -0.3 is 5.32 Å². The first-order valence-corrected chi connectivity index (χ1v) is 12.0. The van der Waals surface area contributed by atoms with Crippen LogP contribution in [0.3, 0.4) is 0 Å². The van der Waals surface area contributed by atoms with Gasteiger partial charge >= 0.3 is 16.1 Å². The Morgan fingerprint density at radius 1 is 1.03 bits per heavy atom. The zero-order valence-electron chi connectivity index (χ0n) is 18.9. The predicted octanol–water partition coefficient (Wildman–Crippen LogP) is 1.91. The molecule has 176 valence electrons. The van der Waals surface area contributed by atoms with Crippen LogP contribution in [0.5, 0.6) is 0 Å². The fourth-order valence-corrected chi connectivity index (χ4v) is 4.63. The molecule has 0 unspecified atom stereocenters. The third-order valence-corrected chi connectivity index (χ3v) is 6.56. The fourth-order valence-electron chi connectivity index (χ4n) is 3.69. The van der Waals surface area contributed by atoms with Crippen molar-refractivity contribution >= 4 is 16.1 Å². The number of nitrogens with one attached hydrogen (secondary N) is 2. The number of aromatic nitrogens is 6. The Kier molecular flexibility index (Phi) is 6.41. The average molecular weight is 481 g/mol. The summed E-state index contributed by atoms with van der Waals surface area (Å²) in [6, 6.07) is 17.1. The molecule has 0 atom stereocenters. The van der Waals surface area contributed by atoms with Gasteiger partial charge in [-0.1, -0.05) is 47.6 Å². The number of carbonyl (C=O) groups excluding carboxylic acids is 1. The molecule has 4 aromatic rings. The SMILES string of the molecule is Cc1nn(-c2ccc(CCNC(=O)NS(=O)(=O)c3nnnn3C)cc2)c(C)c1-c1ccccc1. The van der Waals surface area contributed by atoms with Crippen LogP contribution >= 0.6 is 0 Å². The van der Waals surface area contributed by atoms with Crippen LogP contribution in [0.25, 0.3) is 16.8 Å². The molecule has 0 saturated carbocycles. The molecule has 2 N–H and O–H groups in total. The van der Waals surface area contributed by atoms with E-state index in [9.17, 15) is 13.2 Å². The lowest BCUT2D eigenvalue weighted by molar-refractivity contribution is 0.246. The summed E-state index contributed by atoms with van der Waals surface area (Å²) in [7, 11) is -2.78. The number of aryl methyl sites for hydroxylation is 2. The van der Waals surface area contributed by atoms with Gasteiger partial charge in [0.05, 0.1) is 11.4 Å². The van der Waals surface area contributed by atoms with E-state index in [0.717, 1.165) is 38.4 Å². The molecule has 11 nitrogen and oxygen atoms in total. The summed E-state index contributed by atoms with van der Waals surface area (Å²) in [5.41, 5.74) is 6.16. The third-order valence-electron chi connectivity index (χ3n) is 5.28. The number of sulfonamides is 1. The number of carbonyl (C=O) groups is 1.